The second kappa shape index (κ2) is 8.04. The fraction of sp³-hybridized carbons (Fsp3) is 0.444. The number of carbonyl (C=O) groups excluding carboxylic acids is 5. The maximum Gasteiger partial charge on any atom is 0.235 e. The van der Waals surface area contributed by atoms with Crippen LogP contribution in [-0.4, -0.2) is 69.9 Å². The number of amides is 1. The molecule has 5 rings (SSSR count). The minimum Gasteiger partial charge on any atom is -0.507 e. The lowest BCUT2D eigenvalue weighted by Gasteiger charge is -2.52. The molecule has 4 aliphatic rings. The smallest absolute Gasteiger partial charge is 0.235 e. The summed E-state index contributed by atoms with van der Waals surface area (Å²) in [5.74, 6) is -10.3. The maximum absolute atomic E-state index is 13.8. The highest BCUT2D eigenvalue weighted by Gasteiger charge is 2.69. The van der Waals surface area contributed by atoms with Crippen LogP contribution in [0.4, 0.5) is 0 Å². The van der Waals surface area contributed by atoms with E-state index in [1.807, 2.05) is 13.0 Å². The molecule has 2 fully saturated rings. The lowest BCUT2D eigenvalue weighted by Crippen LogP contribution is -2.74. The van der Waals surface area contributed by atoms with E-state index >= 15 is 0 Å². The number of nitrogens with zero attached hydrogens (tertiary/aromatic N) is 1. The van der Waals surface area contributed by atoms with Gasteiger partial charge < -0.3 is 15.9 Å². The number of aliphatic hydroxyl groups is 1. The average Bonchev–Trinajstić information content (AvgIpc) is 3.22. The molecule has 0 radical (unpaired) electrons. The summed E-state index contributed by atoms with van der Waals surface area (Å²) in [5, 5.41) is 22.2. The van der Waals surface area contributed by atoms with Gasteiger partial charge in [-0.15, -0.1) is 0 Å². The molecule has 1 amide bonds. The molecule has 4 N–H and O–H groups in total. The number of Topliss-reactive ketones (excluding diaryl/α,β-unsaturated/α-hetero) is 4. The first-order valence-corrected chi connectivity index (χ1v) is 12.0. The van der Waals surface area contributed by atoms with Crippen LogP contribution in [-0.2, 0) is 25.6 Å². The molecule has 2 unspecified atom stereocenters. The van der Waals surface area contributed by atoms with Gasteiger partial charge in [0.2, 0.25) is 5.91 Å². The summed E-state index contributed by atoms with van der Waals surface area (Å²) in [4.78, 5) is 67.5. The van der Waals surface area contributed by atoms with E-state index in [2.05, 4.69) is 6.08 Å². The lowest BCUT2D eigenvalue weighted by atomic mass is 9.52. The summed E-state index contributed by atoms with van der Waals surface area (Å²) in [7, 11) is 3.12. The van der Waals surface area contributed by atoms with Crippen molar-refractivity contribution in [1.82, 2.24) is 4.90 Å². The van der Waals surface area contributed by atoms with Gasteiger partial charge in [0, 0.05) is 5.92 Å². The molecule has 9 nitrogen and oxygen atoms in total. The molecular formula is C27H28N2O7. The van der Waals surface area contributed by atoms with Crippen molar-refractivity contribution in [2.24, 2.45) is 29.4 Å². The molecule has 1 aromatic rings. The average molecular weight is 493 g/mol. The van der Waals surface area contributed by atoms with E-state index < -0.39 is 64.4 Å². The van der Waals surface area contributed by atoms with E-state index in [0.717, 1.165) is 16.7 Å². The zero-order valence-electron chi connectivity index (χ0n) is 20.3. The summed E-state index contributed by atoms with van der Waals surface area (Å²) in [6.45, 7) is 1.97. The Kier molecular flexibility index (Phi) is 5.42. The molecule has 0 aliphatic heterocycles. The van der Waals surface area contributed by atoms with Gasteiger partial charge in [0.05, 0.1) is 17.5 Å². The minimum atomic E-state index is -2.71. The SMILES string of the molecule is CC1=CCC(c2ccc(O)c3c2C[C@@H]2C[C@@H]4[C@@H](N(C)C)C(=O)C(C(N)=O)C(=O)[C@]4(O)C(=O)C2C3=O)=C1. The first-order valence-electron chi connectivity index (χ1n) is 12.0. The molecule has 1 aromatic carbocycles. The number of rotatable bonds is 3. The van der Waals surface area contributed by atoms with Gasteiger partial charge in [-0.2, -0.15) is 0 Å². The Morgan fingerprint density at radius 3 is 2.42 bits per heavy atom. The Hall–Kier alpha value is -3.43. The fourth-order valence-corrected chi connectivity index (χ4v) is 6.76. The molecular weight excluding hydrogens is 464 g/mol. The van der Waals surface area contributed by atoms with Crippen LogP contribution >= 0.6 is 0 Å². The number of aromatic hydroxyl groups is 1. The summed E-state index contributed by atoms with van der Waals surface area (Å²) < 4.78 is 0. The first kappa shape index (κ1) is 24.3. The largest absolute Gasteiger partial charge is 0.507 e. The molecule has 36 heavy (non-hydrogen) atoms. The van der Waals surface area contributed by atoms with Crippen LogP contribution in [0.15, 0.2) is 29.9 Å². The number of allylic oxidation sites excluding steroid dienone is 4. The number of nitrogens with two attached hydrogens (primary N) is 1. The molecule has 6 atom stereocenters. The van der Waals surface area contributed by atoms with Gasteiger partial charge in [0.25, 0.3) is 0 Å². The highest BCUT2D eigenvalue weighted by atomic mass is 16.3. The van der Waals surface area contributed by atoms with Crippen LogP contribution in [0.2, 0.25) is 0 Å². The normalized spacial score (nSPS) is 33.6. The molecule has 0 bridgehead atoms. The van der Waals surface area contributed by atoms with Crippen molar-refractivity contribution in [3.63, 3.8) is 0 Å². The third-order valence-electron chi connectivity index (χ3n) is 8.34. The monoisotopic (exact) mass is 492 g/mol. The number of ketones is 4. The number of hydrogen-bond donors (Lipinski definition) is 3. The van der Waals surface area contributed by atoms with E-state index in [0.29, 0.717) is 12.0 Å². The molecule has 4 aliphatic carbocycles. The summed E-state index contributed by atoms with van der Waals surface area (Å²) >= 11 is 0. The Morgan fingerprint density at radius 1 is 1.14 bits per heavy atom. The van der Waals surface area contributed by atoms with Gasteiger partial charge in [0.1, 0.15) is 5.75 Å². The molecule has 0 saturated heterocycles. The molecule has 0 aromatic heterocycles. The Morgan fingerprint density at radius 2 is 1.83 bits per heavy atom. The predicted octanol–water partition coefficient (Wildman–Crippen LogP) is 0.600. The molecule has 2 saturated carbocycles. The van der Waals surface area contributed by atoms with Crippen molar-refractivity contribution >= 4 is 34.6 Å². The summed E-state index contributed by atoms with van der Waals surface area (Å²) in [6.07, 6.45) is 5.04. The second-order valence-electron chi connectivity index (χ2n) is 10.6. The van der Waals surface area contributed by atoms with Crippen LogP contribution in [0.1, 0.15) is 41.3 Å². The molecule has 9 heteroatoms. The van der Waals surface area contributed by atoms with Crippen molar-refractivity contribution in [3.8, 4) is 5.75 Å². The Labute approximate surface area is 207 Å². The number of carbonyl (C=O) groups is 5. The van der Waals surface area contributed by atoms with Gasteiger partial charge in [-0.1, -0.05) is 23.8 Å². The number of benzene rings is 1. The zero-order chi connectivity index (χ0) is 26.3. The maximum atomic E-state index is 13.8. The van der Waals surface area contributed by atoms with E-state index in [4.69, 9.17) is 5.73 Å². The van der Waals surface area contributed by atoms with Crippen LogP contribution in [0.5, 0.6) is 5.75 Å². The topological polar surface area (TPSA) is 155 Å². The van der Waals surface area contributed by atoms with Gasteiger partial charge in [0.15, 0.2) is 34.7 Å². The lowest BCUT2D eigenvalue weighted by molar-refractivity contribution is -0.181. The van der Waals surface area contributed by atoms with E-state index in [1.54, 1.807) is 20.2 Å². The van der Waals surface area contributed by atoms with Crippen LogP contribution in [0.3, 0.4) is 0 Å². The number of primary amides is 1. The van der Waals surface area contributed by atoms with Crippen molar-refractivity contribution in [2.75, 3.05) is 14.1 Å². The molecule has 188 valence electrons. The number of phenolic OH excluding ortho intramolecular Hbond substituents is 1. The van der Waals surface area contributed by atoms with Crippen molar-refractivity contribution in [3.05, 3.63) is 46.5 Å². The number of hydrogen-bond acceptors (Lipinski definition) is 8. The van der Waals surface area contributed by atoms with Crippen LogP contribution < -0.4 is 5.73 Å². The first-order chi connectivity index (χ1) is 16.9. The van der Waals surface area contributed by atoms with Gasteiger partial charge in [-0.05, 0) is 69.0 Å². The highest BCUT2D eigenvalue weighted by Crippen LogP contribution is 2.51. The predicted molar refractivity (Wildman–Crippen MR) is 128 cm³/mol. The number of fused-ring (bicyclic) bond motifs is 3. The second-order valence-corrected chi connectivity index (χ2v) is 10.6. The van der Waals surface area contributed by atoms with Crippen molar-refractivity contribution in [2.45, 2.75) is 37.8 Å². The van der Waals surface area contributed by atoms with E-state index in [9.17, 15) is 34.2 Å². The third-order valence-corrected chi connectivity index (χ3v) is 8.34. The van der Waals surface area contributed by atoms with Crippen LogP contribution in [0.25, 0.3) is 5.57 Å². The van der Waals surface area contributed by atoms with Gasteiger partial charge in [-0.25, -0.2) is 0 Å². The zero-order valence-corrected chi connectivity index (χ0v) is 20.3. The van der Waals surface area contributed by atoms with E-state index in [1.165, 1.54) is 11.0 Å². The Bertz CT molecular complexity index is 1320. The van der Waals surface area contributed by atoms with Crippen molar-refractivity contribution < 1.29 is 34.2 Å². The quantitative estimate of drug-likeness (QED) is 0.518. The molecule has 0 heterocycles. The fourth-order valence-electron chi connectivity index (χ4n) is 6.76. The standard InChI is InChI=1S/C27H28N2O7/c1-11-4-5-12(8-11)14-6-7-17(30)19-15(14)9-13-10-16-21(29(2)3)23(32)20(26(28)35)25(34)27(16,36)24(33)18(13)22(19)31/h4,6-8,13,16,18,20-21,30,36H,5,9-10H2,1-3H3,(H2,28,35)/t13-,16-,18?,20?,21-,27-/m1/s1. The number of likely N-dealkylation sites (N-methyl/N-ethyl adjacent to an activating group) is 1. The van der Waals surface area contributed by atoms with Crippen LogP contribution in [0, 0.1) is 23.7 Å². The van der Waals surface area contributed by atoms with E-state index in [-0.39, 0.29) is 24.2 Å². The summed E-state index contributed by atoms with van der Waals surface area (Å²) in [6, 6.07) is 2.07. The summed E-state index contributed by atoms with van der Waals surface area (Å²) in [5.41, 5.74) is 6.15. The van der Waals surface area contributed by atoms with Gasteiger partial charge in [-0.3, -0.25) is 28.9 Å². The Balaban J connectivity index is 1.65. The highest BCUT2D eigenvalue weighted by molar-refractivity contribution is 6.32. The third kappa shape index (κ3) is 3.12. The number of phenols is 1. The minimum absolute atomic E-state index is 0.0181. The van der Waals surface area contributed by atoms with Crippen molar-refractivity contribution in [1.29, 1.82) is 0 Å². The van der Waals surface area contributed by atoms with Gasteiger partial charge >= 0.3 is 0 Å². The molecule has 0 spiro atoms.